The molecule has 194 valence electrons. The molecule has 0 bridgehead atoms. The third kappa shape index (κ3) is 4.92. The molecular weight excluding hydrogens is 502 g/mol. The Labute approximate surface area is 218 Å². The molecule has 10 heteroatoms. The number of ether oxygens (including phenoxy) is 1. The van der Waals surface area contributed by atoms with Crippen LogP contribution >= 0.6 is 11.6 Å². The average Bonchev–Trinajstić information content (AvgIpc) is 2.90. The molecule has 0 radical (unpaired) electrons. The van der Waals surface area contributed by atoms with Gasteiger partial charge in [-0.1, -0.05) is 30.7 Å². The maximum Gasteiger partial charge on any atom is 0.319 e. The van der Waals surface area contributed by atoms with E-state index in [1.165, 1.54) is 24.3 Å². The number of aromatic hydroxyl groups is 1. The topological polar surface area (TPSA) is 78.8 Å². The van der Waals surface area contributed by atoms with Gasteiger partial charge in [0.05, 0.1) is 10.6 Å². The normalized spacial score (nSPS) is 16.7. The van der Waals surface area contributed by atoms with Crippen LogP contribution in [0.15, 0.2) is 36.9 Å². The highest BCUT2D eigenvalue weighted by Crippen LogP contribution is 2.43. The quantitative estimate of drug-likeness (QED) is 0.442. The van der Waals surface area contributed by atoms with E-state index in [1.54, 1.807) is 4.90 Å². The summed E-state index contributed by atoms with van der Waals surface area (Å²) in [5.74, 6) is -1.85. The summed E-state index contributed by atoms with van der Waals surface area (Å²) in [6.45, 7) is 5.31. The summed E-state index contributed by atoms with van der Waals surface area (Å²) >= 11 is 6.49. The van der Waals surface area contributed by atoms with Crippen LogP contribution in [0.4, 0.5) is 14.6 Å². The van der Waals surface area contributed by atoms with Crippen LogP contribution in [0.2, 0.25) is 5.02 Å². The molecule has 2 aromatic carbocycles. The zero-order chi connectivity index (χ0) is 26.1. The van der Waals surface area contributed by atoms with Gasteiger partial charge in [-0.05, 0) is 50.0 Å². The first-order valence-electron chi connectivity index (χ1n) is 12.4. The number of phenols is 1. The largest absolute Gasteiger partial charge is 0.507 e. The number of nitrogens with zero attached hydrogens (tertiary/aromatic N) is 4. The number of halogens is 3. The Hall–Kier alpha value is -3.46. The molecule has 0 atom stereocenters. The summed E-state index contributed by atoms with van der Waals surface area (Å²) in [6, 6.07) is 5.24. The van der Waals surface area contributed by atoms with Gasteiger partial charge in [0.25, 0.3) is 0 Å². The van der Waals surface area contributed by atoms with Crippen LogP contribution in [0.25, 0.3) is 22.0 Å². The van der Waals surface area contributed by atoms with E-state index < -0.39 is 17.4 Å². The van der Waals surface area contributed by atoms with Gasteiger partial charge in [0, 0.05) is 37.1 Å². The van der Waals surface area contributed by atoms with Gasteiger partial charge in [-0.3, -0.25) is 4.79 Å². The minimum atomic E-state index is -0.875. The second kappa shape index (κ2) is 10.5. The fraction of sp³-hybridized carbons (Fsp3) is 0.370. The van der Waals surface area contributed by atoms with E-state index >= 15 is 4.39 Å². The zero-order valence-electron chi connectivity index (χ0n) is 20.2. The van der Waals surface area contributed by atoms with Crippen molar-refractivity contribution in [2.75, 3.05) is 31.1 Å². The van der Waals surface area contributed by atoms with Crippen LogP contribution in [-0.4, -0.2) is 58.2 Å². The molecule has 1 amide bonds. The fourth-order valence-corrected chi connectivity index (χ4v) is 5.33. The lowest BCUT2D eigenvalue weighted by molar-refractivity contribution is -0.126. The summed E-state index contributed by atoms with van der Waals surface area (Å²) in [6.07, 6.45) is 6.12. The van der Waals surface area contributed by atoms with E-state index in [0.717, 1.165) is 38.2 Å². The van der Waals surface area contributed by atoms with Gasteiger partial charge in [-0.15, -0.1) is 0 Å². The summed E-state index contributed by atoms with van der Waals surface area (Å²) in [7, 11) is 0. The van der Waals surface area contributed by atoms with Gasteiger partial charge in [0.1, 0.15) is 29.0 Å². The number of aromatic nitrogens is 2. The molecular formula is C27H27ClF2N4O3. The first-order valence-corrected chi connectivity index (χ1v) is 12.8. The molecule has 2 heterocycles. The molecule has 1 saturated carbocycles. The second-order valence-electron chi connectivity index (χ2n) is 9.30. The van der Waals surface area contributed by atoms with E-state index in [9.17, 15) is 14.3 Å². The van der Waals surface area contributed by atoms with Gasteiger partial charge >= 0.3 is 6.01 Å². The van der Waals surface area contributed by atoms with Gasteiger partial charge in [0.2, 0.25) is 5.91 Å². The van der Waals surface area contributed by atoms with E-state index in [2.05, 4.69) is 16.5 Å². The molecule has 5 rings (SSSR count). The van der Waals surface area contributed by atoms with Crippen molar-refractivity contribution >= 4 is 34.2 Å². The van der Waals surface area contributed by atoms with E-state index in [0.29, 0.717) is 37.4 Å². The van der Waals surface area contributed by atoms with Crippen molar-refractivity contribution in [1.82, 2.24) is 14.9 Å². The van der Waals surface area contributed by atoms with Crippen molar-refractivity contribution in [3.63, 3.8) is 0 Å². The summed E-state index contributed by atoms with van der Waals surface area (Å²) < 4.78 is 36.9. The predicted octanol–water partition coefficient (Wildman–Crippen LogP) is 5.48. The summed E-state index contributed by atoms with van der Waals surface area (Å²) in [5.41, 5.74) is -0.694. The molecule has 0 unspecified atom stereocenters. The van der Waals surface area contributed by atoms with Gasteiger partial charge in [-0.2, -0.15) is 9.97 Å². The van der Waals surface area contributed by atoms with Crippen molar-refractivity contribution in [1.29, 1.82) is 0 Å². The highest BCUT2D eigenvalue weighted by atomic mass is 35.5. The lowest BCUT2D eigenvalue weighted by Crippen LogP contribution is -2.48. The van der Waals surface area contributed by atoms with Crippen LogP contribution in [0.3, 0.4) is 0 Å². The zero-order valence-corrected chi connectivity index (χ0v) is 21.0. The van der Waals surface area contributed by atoms with Crippen molar-refractivity contribution in [2.24, 2.45) is 0 Å². The van der Waals surface area contributed by atoms with Gasteiger partial charge in [0.15, 0.2) is 5.82 Å². The van der Waals surface area contributed by atoms with E-state index in [1.807, 2.05) is 4.90 Å². The molecule has 3 aromatic rings. The molecule has 2 fully saturated rings. The van der Waals surface area contributed by atoms with Gasteiger partial charge in [-0.25, -0.2) is 8.78 Å². The number of piperazine rings is 1. The standard InChI is InChI=1S/C27H27ClF2N4O3/c1-2-21(36)33-11-13-34(14-12-33)26-17-15-18(28)22(23-19(29)9-6-10-20(23)35)24(30)25(17)31-27(32-26)37-16-7-4-3-5-8-16/h2,6,9-10,15-16,35H,1,3-5,7-8,11-14H2. The minimum absolute atomic E-state index is 0.0314. The second-order valence-corrected chi connectivity index (χ2v) is 9.71. The summed E-state index contributed by atoms with van der Waals surface area (Å²) in [4.78, 5) is 24.7. The molecule has 1 N–H and O–H groups in total. The predicted molar refractivity (Wildman–Crippen MR) is 138 cm³/mol. The van der Waals surface area contributed by atoms with Crippen LogP contribution in [0, 0.1) is 11.6 Å². The number of amides is 1. The number of hydrogen-bond acceptors (Lipinski definition) is 6. The third-order valence-corrected chi connectivity index (χ3v) is 7.27. The van der Waals surface area contributed by atoms with Crippen LogP contribution in [-0.2, 0) is 4.79 Å². The Bertz CT molecular complexity index is 1340. The van der Waals surface area contributed by atoms with E-state index in [4.69, 9.17) is 16.3 Å². The maximum atomic E-state index is 16.1. The molecule has 1 aromatic heterocycles. The number of hydrogen-bond donors (Lipinski definition) is 1. The smallest absolute Gasteiger partial charge is 0.319 e. The highest BCUT2D eigenvalue weighted by Gasteiger charge is 2.28. The number of anilines is 1. The Kier molecular flexibility index (Phi) is 7.15. The Morgan fingerprint density at radius 1 is 1.11 bits per heavy atom. The Morgan fingerprint density at radius 3 is 2.51 bits per heavy atom. The number of carbonyl (C=O) groups excluding carboxylic acids is 1. The SMILES string of the molecule is C=CC(=O)N1CCN(c2nc(OC3CCCCC3)nc3c(F)c(-c4c(O)cccc4F)c(Cl)cc23)CC1. The third-order valence-electron chi connectivity index (χ3n) is 6.97. The van der Waals surface area contributed by atoms with Crippen LogP contribution in [0.5, 0.6) is 11.8 Å². The minimum Gasteiger partial charge on any atom is -0.507 e. The first-order chi connectivity index (χ1) is 17.9. The number of phenolic OH excluding ortho intramolecular Hbond substituents is 1. The monoisotopic (exact) mass is 528 g/mol. The van der Waals surface area contributed by atoms with Crippen molar-refractivity contribution in [2.45, 2.75) is 38.2 Å². The maximum absolute atomic E-state index is 16.1. The molecule has 37 heavy (non-hydrogen) atoms. The lowest BCUT2D eigenvalue weighted by atomic mass is 9.98. The average molecular weight is 529 g/mol. The number of carbonyl (C=O) groups is 1. The summed E-state index contributed by atoms with van der Waals surface area (Å²) in [5, 5.41) is 10.6. The molecule has 7 nitrogen and oxygen atoms in total. The number of fused-ring (bicyclic) bond motifs is 1. The first kappa shape index (κ1) is 25.2. The lowest BCUT2D eigenvalue weighted by Gasteiger charge is -2.35. The molecule has 1 saturated heterocycles. The molecule has 0 spiro atoms. The molecule has 1 aliphatic heterocycles. The Morgan fingerprint density at radius 2 is 1.84 bits per heavy atom. The van der Waals surface area contributed by atoms with Crippen molar-refractivity contribution < 1.29 is 23.4 Å². The highest BCUT2D eigenvalue weighted by molar-refractivity contribution is 6.34. The molecule has 1 aliphatic carbocycles. The van der Waals surface area contributed by atoms with Crippen LogP contribution < -0.4 is 9.64 Å². The molecule has 2 aliphatic rings. The Balaban J connectivity index is 1.63. The van der Waals surface area contributed by atoms with Crippen molar-refractivity contribution in [3.05, 3.63) is 53.6 Å². The number of rotatable bonds is 5. The fourth-order valence-electron chi connectivity index (χ4n) is 5.04. The van der Waals surface area contributed by atoms with Gasteiger partial charge < -0.3 is 19.6 Å². The van der Waals surface area contributed by atoms with Crippen molar-refractivity contribution in [3.8, 4) is 22.9 Å². The van der Waals surface area contributed by atoms with Crippen LogP contribution in [0.1, 0.15) is 32.1 Å². The number of benzene rings is 2. The van der Waals surface area contributed by atoms with E-state index in [-0.39, 0.29) is 39.7 Å².